The zero-order valence-electron chi connectivity index (χ0n) is 21.1. The minimum Gasteiger partial charge on any atom is -0.460 e. The first-order valence-corrected chi connectivity index (χ1v) is 12.0. The van der Waals surface area contributed by atoms with Crippen LogP contribution in [0.1, 0.15) is 65.5 Å². The Morgan fingerprint density at radius 3 is 2.44 bits per heavy atom. The van der Waals surface area contributed by atoms with Crippen molar-refractivity contribution in [2.45, 2.75) is 77.7 Å². The molecular formula is C26H38N2O6. The quantitative estimate of drug-likeness (QED) is 0.515. The van der Waals surface area contributed by atoms with Crippen molar-refractivity contribution in [1.29, 1.82) is 0 Å². The van der Waals surface area contributed by atoms with Crippen LogP contribution in [0.3, 0.4) is 0 Å². The van der Waals surface area contributed by atoms with E-state index in [1.54, 1.807) is 14.0 Å². The third-order valence-electron chi connectivity index (χ3n) is 6.63. The number of nitrogens with zero attached hydrogens (tertiary/aromatic N) is 1. The van der Waals surface area contributed by atoms with Crippen LogP contribution < -0.4 is 5.32 Å². The summed E-state index contributed by atoms with van der Waals surface area (Å²) in [6.45, 7) is 10.3. The maximum atomic E-state index is 13.3. The van der Waals surface area contributed by atoms with Crippen molar-refractivity contribution in [3.8, 4) is 0 Å². The van der Waals surface area contributed by atoms with Gasteiger partial charge >= 0.3 is 12.1 Å². The molecule has 1 aliphatic carbocycles. The molecule has 2 fully saturated rings. The normalized spacial score (nSPS) is 23.2. The highest BCUT2D eigenvalue weighted by molar-refractivity contribution is 5.95. The first-order valence-electron chi connectivity index (χ1n) is 12.0. The van der Waals surface area contributed by atoms with E-state index in [0.717, 1.165) is 18.4 Å². The van der Waals surface area contributed by atoms with Gasteiger partial charge in [0.15, 0.2) is 0 Å². The molecule has 8 heteroatoms. The smallest absolute Gasteiger partial charge is 0.417 e. The summed E-state index contributed by atoms with van der Waals surface area (Å²) in [5, 5.41) is 3.37. The highest BCUT2D eigenvalue weighted by atomic mass is 16.6. The molecule has 8 nitrogen and oxygen atoms in total. The van der Waals surface area contributed by atoms with E-state index < -0.39 is 35.9 Å². The molecule has 2 amide bonds. The number of esters is 1. The largest absolute Gasteiger partial charge is 0.460 e. The van der Waals surface area contributed by atoms with Gasteiger partial charge < -0.3 is 19.5 Å². The van der Waals surface area contributed by atoms with Crippen LogP contribution in [0.2, 0.25) is 0 Å². The summed E-state index contributed by atoms with van der Waals surface area (Å²) >= 11 is 0. The van der Waals surface area contributed by atoms with Gasteiger partial charge in [0.05, 0.1) is 24.5 Å². The lowest BCUT2D eigenvalue weighted by atomic mass is 9.98. The molecule has 0 aromatic heterocycles. The molecular weight excluding hydrogens is 436 g/mol. The maximum absolute atomic E-state index is 13.3. The van der Waals surface area contributed by atoms with E-state index in [1.165, 1.54) is 4.90 Å². The van der Waals surface area contributed by atoms with Gasteiger partial charge in [0.1, 0.15) is 11.7 Å². The summed E-state index contributed by atoms with van der Waals surface area (Å²) in [4.78, 5) is 39.3. The molecule has 1 saturated carbocycles. The highest BCUT2D eigenvalue weighted by Crippen LogP contribution is 2.48. The third-order valence-corrected chi connectivity index (χ3v) is 6.63. The van der Waals surface area contributed by atoms with Gasteiger partial charge in [-0.1, -0.05) is 37.3 Å². The second-order valence-corrected chi connectivity index (χ2v) is 10.6. The molecule has 0 bridgehead atoms. The zero-order valence-corrected chi connectivity index (χ0v) is 21.1. The number of nitrogens with one attached hydrogen (secondary N) is 1. The maximum Gasteiger partial charge on any atom is 0.417 e. The van der Waals surface area contributed by atoms with Gasteiger partial charge in [-0.3, -0.25) is 9.59 Å². The van der Waals surface area contributed by atoms with E-state index in [1.807, 2.05) is 58.0 Å². The standard InChI is InChI=1S/C26H38N2O6/c1-17(23(30)28-18(2)22(33-24(28)31)19-10-8-7-9-11-19)20(32-6)15-27-16-26(12-13-26)14-21(29)34-25(3,4)5/h7-11,17-18,20,22,27H,12-16H2,1-6H3. The first kappa shape index (κ1) is 26.2. The number of carbonyl (C=O) groups excluding carboxylic acids is 3. The van der Waals surface area contributed by atoms with Gasteiger partial charge in [0, 0.05) is 20.2 Å². The Kier molecular flexibility index (Phi) is 8.03. The molecule has 1 heterocycles. The van der Waals surface area contributed by atoms with Crippen LogP contribution in [0.4, 0.5) is 4.79 Å². The fourth-order valence-corrected chi connectivity index (χ4v) is 4.44. The van der Waals surface area contributed by atoms with Crippen molar-refractivity contribution in [3.05, 3.63) is 35.9 Å². The molecule has 0 spiro atoms. The number of imide groups is 1. The lowest BCUT2D eigenvalue weighted by Crippen LogP contribution is -2.47. The Hall–Kier alpha value is -2.45. The molecule has 0 radical (unpaired) electrons. The lowest BCUT2D eigenvalue weighted by molar-refractivity contribution is -0.156. The minimum absolute atomic E-state index is 0.0932. The van der Waals surface area contributed by atoms with Crippen LogP contribution in [0.25, 0.3) is 0 Å². The van der Waals surface area contributed by atoms with E-state index in [4.69, 9.17) is 14.2 Å². The van der Waals surface area contributed by atoms with Crippen molar-refractivity contribution >= 4 is 18.0 Å². The molecule has 3 rings (SSSR count). The minimum atomic E-state index is -0.629. The fraction of sp³-hybridized carbons (Fsp3) is 0.654. The number of benzene rings is 1. The number of ether oxygens (including phenoxy) is 3. The van der Waals surface area contributed by atoms with Crippen LogP contribution in [0, 0.1) is 11.3 Å². The molecule has 188 valence electrons. The second kappa shape index (κ2) is 10.4. The molecule has 1 aliphatic heterocycles. The van der Waals surface area contributed by atoms with E-state index in [0.29, 0.717) is 19.5 Å². The van der Waals surface area contributed by atoms with E-state index in [2.05, 4.69) is 5.32 Å². The third kappa shape index (κ3) is 6.36. The number of carbonyl (C=O) groups is 3. The average Bonchev–Trinajstić information content (AvgIpc) is 3.45. The topological polar surface area (TPSA) is 94.2 Å². The molecule has 1 saturated heterocycles. The lowest BCUT2D eigenvalue weighted by Gasteiger charge is -2.28. The Morgan fingerprint density at radius 2 is 1.88 bits per heavy atom. The van der Waals surface area contributed by atoms with Crippen LogP contribution >= 0.6 is 0 Å². The number of hydrogen-bond acceptors (Lipinski definition) is 7. The predicted molar refractivity (Wildman–Crippen MR) is 127 cm³/mol. The van der Waals surface area contributed by atoms with E-state index in [-0.39, 0.29) is 17.3 Å². The Labute approximate surface area is 202 Å². The monoisotopic (exact) mass is 474 g/mol. The van der Waals surface area contributed by atoms with Crippen LogP contribution in [0.15, 0.2) is 30.3 Å². The summed E-state index contributed by atoms with van der Waals surface area (Å²) in [7, 11) is 1.56. The van der Waals surface area contributed by atoms with Crippen molar-refractivity contribution in [1.82, 2.24) is 10.2 Å². The Bertz CT molecular complexity index is 877. The zero-order chi connectivity index (χ0) is 25.1. The summed E-state index contributed by atoms with van der Waals surface area (Å²) in [5.41, 5.74) is 0.269. The van der Waals surface area contributed by atoms with Crippen molar-refractivity contribution < 1.29 is 28.6 Å². The second-order valence-electron chi connectivity index (χ2n) is 10.6. The summed E-state index contributed by atoms with van der Waals surface area (Å²) in [5.74, 6) is -1.06. The van der Waals surface area contributed by atoms with Gasteiger partial charge in [0.25, 0.3) is 0 Å². The molecule has 4 unspecified atom stereocenters. The summed E-state index contributed by atoms with van der Waals surface area (Å²) in [6, 6.07) is 9.01. The fourth-order valence-electron chi connectivity index (χ4n) is 4.44. The summed E-state index contributed by atoms with van der Waals surface area (Å²) < 4.78 is 16.6. The van der Waals surface area contributed by atoms with Gasteiger partial charge in [-0.25, -0.2) is 9.69 Å². The molecule has 1 N–H and O–H groups in total. The first-order chi connectivity index (χ1) is 16.0. The highest BCUT2D eigenvalue weighted by Gasteiger charge is 2.47. The SMILES string of the molecule is COC(CNCC1(CC(=O)OC(C)(C)C)CC1)C(C)C(=O)N1C(=O)OC(c2ccccc2)C1C. The number of hydrogen-bond donors (Lipinski definition) is 1. The van der Waals surface area contributed by atoms with Crippen molar-refractivity contribution in [3.63, 3.8) is 0 Å². The van der Waals surface area contributed by atoms with Crippen LogP contribution in [-0.4, -0.2) is 60.8 Å². The number of rotatable bonds is 10. The predicted octanol–water partition coefficient (Wildman–Crippen LogP) is 3.85. The number of amides is 2. The van der Waals surface area contributed by atoms with E-state index >= 15 is 0 Å². The number of methoxy groups -OCH3 is 1. The Balaban J connectivity index is 1.54. The molecule has 34 heavy (non-hydrogen) atoms. The molecule has 2 aliphatic rings. The Morgan fingerprint density at radius 1 is 1.24 bits per heavy atom. The van der Waals surface area contributed by atoms with Crippen LogP contribution in [0.5, 0.6) is 0 Å². The summed E-state index contributed by atoms with van der Waals surface area (Å²) in [6.07, 6.45) is 0.747. The molecule has 1 aromatic rings. The molecule has 1 aromatic carbocycles. The van der Waals surface area contributed by atoms with Crippen molar-refractivity contribution in [2.24, 2.45) is 11.3 Å². The van der Waals surface area contributed by atoms with E-state index in [9.17, 15) is 14.4 Å². The van der Waals surface area contributed by atoms with Gasteiger partial charge in [-0.05, 0) is 51.5 Å². The number of cyclic esters (lactones) is 1. The van der Waals surface area contributed by atoms with Crippen molar-refractivity contribution in [2.75, 3.05) is 20.2 Å². The van der Waals surface area contributed by atoms with Gasteiger partial charge in [0.2, 0.25) is 5.91 Å². The van der Waals surface area contributed by atoms with Gasteiger partial charge in [-0.15, -0.1) is 0 Å². The molecule has 4 atom stereocenters. The van der Waals surface area contributed by atoms with Gasteiger partial charge in [-0.2, -0.15) is 0 Å². The van der Waals surface area contributed by atoms with Crippen LogP contribution in [-0.2, 0) is 23.8 Å². The average molecular weight is 475 g/mol.